The molecule has 1 saturated heterocycles. The first-order valence-corrected chi connectivity index (χ1v) is 9.09. The van der Waals surface area contributed by atoms with E-state index in [1.807, 2.05) is 0 Å². The van der Waals surface area contributed by atoms with Gasteiger partial charge in [0.05, 0.1) is 17.4 Å². The van der Waals surface area contributed by atoms with Crippen molar-refractivity contribution in [3.63, 3.8) is 0 Å². The number of hydrogen-bond donors (Lipinski definition) is 1. The molecular weight excluding hydrogens is 291 g/mol. The van der Waals surface area contributed by atoms with E-state index in [0.29, 0.717) is 25.8 Å². The second kappa shape index (κ2) is 6.22. The van der Waals surface area contributed by atoms with E-state index in [2.05, 4.69) is 5.32 Å². The predicted octanol–water partition coefficient (Wildman–Crippen LogP) is 2.52. The normalized spacial score (nSPS) is 32.1. The molecular formula is C13H22F3NO2S. The van der Waals surface area contributed by atoms with E-state index in [-0.39, 0.29) is 36.3 Å². The van der Waals surface area contributed by atoms with Gasteiger partial charge in [-0.15, -0.1) is 0 Å². The van der Waals surface area contributed by atoms with Crippen molar-refractivity contribution >= 4 is 9.84 Å². The van der Waals surface area contributed by atoms with Crippen LogP contribution in [0.15, 0.2) is 0 Å². The average molecular weight is 313 g/mol. The van der Waals surface area contributed by atoms with Crippen molar-refractivity contribution in [2.75, 3.05) is 18.1 Å². The van der Waals surface area contributed by atoms with Crippen LogP contribution in [0, 0.1) is 11.8 Å². The summed E-state index contributed by atoms with van der Waals surface area (Å²) in [5.74, 6) is -0.463. The molecule has 20 heavy (non-hydrogen) atoms. The van der Waals surface area contributed by atoms with E-state index in [4.69, 9.17) is 0 Å². The first-order valence-electron chi connectivity index (χ1n) is 7.27. The maximum absolute atomic E-state index is 12.7. The Kier molecular flexibility index (Phi) is 5.00. The minimum absolute atomic E-state index is 0.0751. The summed E-state index contributed by atoms with van der Waals surface area (Å²) >= 11 is 0. The van der Waals surface area contributed by atoms with Crippen LogP contribution in [0.1, 0.15) is 38.5 Å². The van der Waals surface area contributed by atoms with Gasteiger partial charge in [-0.1, -0.05) is 6.42 Å². The molecule has 0 aromatic heterocycles. The number of halogens is 3. The molecule has 0 aromatic carbocycles. The molecule has 0 amide bonds. The molecule has 1 aliphatic carbocycles. The zero-order valence-electron chi connectivity index (χ0n) is 11.5. The summed E-state index contributed by atoms with van der Waals surface area (Å²) in [6, 6.07) is -0.0751. The zero-order valence-corrected chi connectivity index (χ0v) is 12.3. The lowest BCUT2D eigenvalue weighted by Gasteiger charge is -2.32. The molecule has 2 aliphatic rings. The highest BCUT2D eigenvalue weighted by atomic mass is 32.2. The topological polar surface area (TPSA) is 46.2 Å². The molecule has 118 valence electrons. The molecule has 7 heteroatoms. The van der Waals surface area contributed by atoms with E-state index in [1.54, 1.807) is 0 Å². The van der Waals surface area contributed by atoms with Gasteiger partial charge in [0.25, 0.3) is 0 Å². The fourth-order valence-electron chi connectivity index (χ4n) is 3.15. The SMILES string of the molecule is O=S1(=O)CCC(CN[C@H]2CCC[C@H](C(F)(F)F)C2)CC1. The van der Waals surface area contributed by atoms with Crippen molar-refractivity contribution in [3.8, 4) is 0 Å². The van der Waals surface area contributed by atoms with Gasteiger partial charge < -0.3 is 5.32 Å². The Labute approximate surface area is 118 Å². The molecule has 1 saturated carbocycles. The second-order valence-corrected chi connectivity index (χ2v) is 8.41. The van der Waals surface area contributed by atoms with Gasteiger partial charge in [0.1, 0.15) is 9.84 Å². The number of alkyl halides is 3. The van der Waals surface area contributed by atoms with Crippen molar-refractivity contribution in [3.05, 3.63) is 0 Å². The Hall–Kier alpha value is -0.300. The third kappa shape index (κ3) is 4.62. The van der Waals surface area contributed by atoms with Crippen LogP contribution >= 0.6 is 0 Å². The van der Waals surface area contributed by atoms with Crippen LogP contribution in [0.2, 0.25) is 0 Å². The minimum atomic E-state index is -4.08. The first kappa shape index (κ1) is 16.1. The fourth-order valence-corrected chi connectivity index (χ4v) is 4.74. The van der Waals surface area contributed by atoms with E-state index < -0.39 is 21.9 Å². The molecule has 1 heterocycles. The number of rotatable bonds is 3. The number of nitrogens with one attached hydrogen (secondary N) is 1. The molecule has 2 rings (SSSR count). The van der Waals surface area contributed by atoms with Crippen LogP contribution in [-0.2, 0) is 9.84 Å². The Bertz CT molecular complexity index is 408. The second-order valence-electron chi connectivity index (χ2n) is 6.11. The van der Waals surface area contributed by atoms with Crippen molar-refractivity contribution in [2.45, 2.75) is 50.7 Å². The zero-order chi connectivity index (χ0) is 14.8. The highest BCUT2D eigenvalue weighted by Crippen LogP contribution is 2.37. The van der Waals surface area contributed by atoms with Crippen LogP contribution in [0.4, 0.5) is 13.2 Å². The van der Waals surface area contributed by atoms with Gasteiger partial charge in [0.2, 0.25) is 0 Å². The summed E-state index contributed by atoms with van der Waals surface area (Å²) < 4.78 is 60.7. The summed E-state index contributed by atoms with van der Waals surface area (Å²) in [6.07, 6.45) is -1.02. The van der Waals surface area contributed by atoms with Crippen molar-refractivity contribution in [1.82, 2.24) is 5.32 Å². The first-order chi connectivity index (χ1) is 9.26. The van der Waals surface area contributed by atoms with Crippen LogP contribution in [0.5, 0.6) is 0 Å². The van der Waals surface area contributed by atoms with E-state index >= 15 is 0 Å². The summed E-state index contributed by atoms with van der Waals surface area (Å²) in [7, 11) is -2.86. The van der Waals surface area contributed by atoms with Gasteiger partial charge in [0.15, 0.2) is 0 Å². The lowest BCUT2D eigenvalue weighted by atomic mass is 9.85. The molecule has 2 fully saturated rings. The van der Waals surface area contributed by atoms with Crippen molar-refractivity contribution < 1.29 is 21.6 Å². The molecule has 0 spiro atoms. The molecule has 3 nitrogen and oxygen atoms in total. The number of sulfone groups is 1. The third-order valence-corrected chi connectivity index (χ3v) is 6.22. The lowest BCUT2D eigenvalue weighted by Crippen LogP contribution is -2.41. The maximum Gasteiger partial charge on any atom is 0.391 e. The summed E-state index contributed by atoms with van der Waals surface area (Å²) in [5.41, 5.74) is 0. The van der Waals surface area contributed by atoms with E-state index in [0.717, 1.165) is 6.42 Å². The summed E-state index contributed by atoms with van der Waals surface area (Å²) in [5, 5.41) is 3.23. The molecule has 0 unspecified atom stereocenters. The quantitative estimate of drug-likeness (QED) is 0.871. The predicted molar refractivity (Wildman–Crippen MR) is 71.2 cm³/mol. The molecule has 0 bridgehead atoms. The Morgan fingerprint density at radius 1 is 1.05 bits per heavy atom. The highest BCUT2D eigenvalue weighted by Gasteiger charge is 2.42. The third-order valence-electron chi connectivity index (χ3n) is 4.51. The van der Waals surface area contributed by atoms with E-state index in [1.165, 1.54) is 0 Å². The monoisotopic (exact) mass is 313 g/mol. The molecule has 2 atom stereocenters. The van der Waals surface area contributed by atoms with Crippen LogP contribution in [-0.4, -0.2) is 38.7 Å². The van der Waals surface area contributed by atoms with Gasteiger partial charge in [0, 0.05) is 6.04 Å². The minimum Gasteiger partial charge on any atom is -0.314 e. The summed E-state index contributed by atoms with van der Waals surface area (Å²) in [4.78, 5) is 0. The Balaban J connectivity index is 1.74. The fraction of sp³-hybridized carbons (Fsp3) is 1.00. The maximum atomic E-state index is 12.7. The van der Waals surface area contributed by atoms with Crippen LogP contribution in [0.3, 0.4) is 0 Å². The molecule has 1 aliphatic heterocycles. The molecule has 0 radical (unpaired) electrons. The summed E-state index contributed by atoms with van der Waals surface area (Å²) in [6.45, 7) is 0.644. The Morgan fingerprint density at radius 2 is 1.70 bits per heavy atom. The van der Waals surface area contributed by atoms with Gasteiger partial charge in [-0.05, 0) is 44.6 Å². The van der Waals surface area contributed by atoms with Gasteiger partial charge in [-0.25, -0.2) is 8.42 Å². The molecule has 1 N–H and O–H groups in total. The lowest BCUT2D eigenvalue weighted by molar-refractivity contribution is -0.183. The van der Waals surface area contributed by atoms with E-state index in [9.17, 15) is 21.6 Å². The van der Waals surface area contributed by atoms with Gasteiger partial charge in [-0.3, -0.25) is 0 Å². The largest absolute Gasteiger partial charge is 0.391 e. The number of hydrogen-bond acceptors (Lipinski definition) is 3. The van der Waals surface area contributed by atoms with Crippen molar-refractivity contribution in [1.29, 1.82) is 0 Å². The molecule has 0 aromatic rings. The highest BCUT2D eigenvalue weighted by molar-refractivity contribution is 7.91. The smallest absolute Gasteiger partial charge is 0.314 e. The van der Waals surface area contributed by atoms with Gasteiger partial charge in [-0.2, -0.15) is 13.2 Å². The van der Waals surface area contributed by atoms with Crippen LogP contribution in [0.25, 0.3) is 0 Å². The van der Waals surface area contributed by atoms with Crippen molar-refractivity contribution in [2.24, 2.45) is 11.8 Å². The standard InChI is InChI=1S/C13H22F3NO2S/c14-13(15,16)11-2-1-3-12(8-11)17-9-10-4-6-20(18,19)7-5-10/h10-12,17H,1-9H2/t11-,12-/m0/s1. The van der Waals surface area contributed by atoms with Gasteiger partial charge >= 0.3 is 6.18 Å². The Morgan fingerprint density at radius 3 is 2.30 bits per heavy atom. The average Bonchev–Trinajstić information content (AvgIpc) is 2.37. The van der Waals surface area contributed by atoms with Crippen LogP contribution < -0.4 is 5.32 Å².